The van der Waals surface area contributed by atoms with Crippen molar-refractivity contribution in [2.45, 2.75) is 19.3 Å². The largest absolute Gasteiger partial charge is 0.382 e. The number of nitrogen functional groups attached to an aromatic ring is 1. The highest BCUT2D eigenvalue weighted by atomic mass is 32.2. The first-order valence-electron chi connectivity index (χ1n) is 7.13. The summed E-state index contributed by atoms with van der Waals surface area (Å²) in [7, 11) is -3.36. The Morgan fingerprint density at radius 2 is 2.18 bits per heavy atom. The Morgan fingerprint density at radius 3 is 2.86 bits per heavy atom. The summed E-state index contributed by atoms with van der Waals surface area (Å²) in [5.41, 5.74) is 6.54. The van der Waals surface area contributed by atoms with Gasteiger partial charge in [0.1, 0.15) is 5.82 Å². The molecule has 1 atom stereocenters. The molecule has 8 nitrogen and oxygen atoms in total. The van der Waals surface area contributed by atoms with Gasteiger partial charge in [0, 0.05) is 25.5 Å². The smallest absolute Gasteiger partial charge is 0.237 e. The van der Waals surface area contributed by atoms with Crippen LogP contribution in [0.25, 0.3) is 0 Å². The molecular weight excluding hydrogens is 306 g/mol. The molecule has 1 aliphatic rings. The summed E-state index contributed by atoms with van der Waals surface area (Å²) in [6.45, 7) is 1.04. The number of hydrogen-bond donors (Lipinski definition) is 2. The lowest BCUT2D eigenvalue weighted by molar-refractivity contribution is -0.131. The highest BCUT2D eigenvalue weighted by Crippen LogP contribution is 2.21. The molecule has 1 saturated heterocycles. The maximum absolute atomic E-state index is 12.1. The molecule has 1 aliphatic heterocycles. The van der Waals surface area contributed by atoms with E-state index in [4.69, 9.17) is 5.73 Å². The van der Waals surface area contributed by atoms with E-state index in [0.717, 1.165) is 24.8 Å². The van der Waals surface area contributed by atoms with Crippen molar-refractivity contribution in [2.75, 3.05) is 31.6 Å². The van der Waals surface area contributed by atoms with Crippen molar-refractivity contribution >= 4 is 21.7 Å². The van der Waals surface area contributed by atoms with Crippen LogP contribution >= 0.6 is 0 Å². The van der Waals surface area contributed by atoms with Crippen LogP contribution in [-0.2, 0) is 21.2 Å². The summed E-state index contributed by atoms with van der Waals surface area (Å²) in [6, 6.07) is 0. The topological polar surface area (TPSA) is 118 Å². The first-order valence-corrected chi connectivity index (χ1v) is 9.02. The SMILES string of the molecule is CS(=O)(=O)NCC(=O)N1CCC[C@H](Cc2nccnc2N)C1. The highest BCUT2D eigenvalue weighted by Gasteiger charge is 2.25. The molecule has 1 amide bonds. The minimum absolute atomic E-state index is 0.196. The zero-order chi connectivity index (χ0) is 16.2. The molecule has 3 N–H and O–H groups in total. The van der Waals surface area contributed by atoms with Crippen molar-refractivity contribution in [3.8, 4) is 0 Å². The number of hydrogen-bond acceptors (Lipinski definition) is 6. The van der Waals surface area contributed by atoms with E-state index in [-0.39, 0.29) is 18.4 Å². The molecule has 0 radical (unpaired) electrons. The zero-order valence-corrected chi connectivity index (χ0v) is 13.3. The third-order valence-electron chi connectivity index (χ3n) is 3.65. The maximum Gasteiger partial charge on any atom is 0.237 e. The summed E-state index contributed by atoms with van der Waals surface area (Å²) >= 11 is 0. The number of likely N-dealkylation sites (tertiary alicyclic amines) is 1. The van der Waals surface area contributed by atoms with E-state index in [2.05, 4.69) is 14.7 Å². The second kappa shape index (κ2) is 7.01. The molecular formula is C13H21N5O3S. The van der Waals surface area contributed by atoms with Crippen LogP contribution < -0.4 is 10.5 Å². The number of sulfonamides is 1. The monoisotopic (exact) mass is 327 g/mol. The average molecular weight is 327 g/mol. The third kappa shape index (κ3) is 4.92. The van der Waals surface area contributed by atoms with Gasteiger partial charge in [-0.25, -0.2) is 18.1 Å². The Balaban J connectivity index is 1.91. The number of carbonyl (C=O) groups is 1. The van der Waals surface area contributed by atoms with Gasteiger partial charge in [0.15, 0.2) is 0 Å². The van der Waals surface area contributed by atoms with E-state index in [1.807, 2.05) is 0 Å². The van der Waals surface area contributed by atoms with Crippen molar-refractivity contribution in [3.63, 3.8) is 0 Å². The minimum Gasteiger partial charge on any atom is -0.382 e. The molecule has 0 saturated carbocycles. The molecule has 1 fully saturated rings. The van der Waals surface area contributed by atoms with Gasteiger partial charge in [0.05, 0.1) is 18.5 Å². The van der Waals surface area contributed by atoms with Gasteiger partial charge < -0.3 is 10.6 Å². The van der Waals surface area contributed by atoms with Crippen LogP contribution in [0.4, 0.5) is 5.82 Å². The number of aromatic nitrogens is 2. The summed E-state index contributed by atoms with van der Waals surface area (Å²) < 4.78 is 24.3. The molecule has 2 heterocycles. The van der Waals surface area contributed by atoms with Crippen LogP contribution in [-0.4, -0.2) is 55.1 Å². The number of piperidine rings is 1. The van der Waals surface area contributed by atoms with Crippen molar-refractivity contribution < 1.29 is 13.2 Å². The lowest BCUT2D eigenvalue weighted by Gasteiger charge is -2.32. The van der Waals surface area contributed by atoms with E-state index < -0.39 is 10.0 Å². The van der Waals surface area contributed by atoms with Gasteiger partial charge in [0.25, 0.3) is 0 Å². The Labute approximate surface area is 130 Å². The summed E-state index contributed by atoms with van der Waals surface area (Å²) in [6.07, 6.45) is 6.73. The second-order valence-corrected chi connectivity index (χ2v) is 7.37. The Hall–Kier alpha value is -1.74. The van der Waals surface area contributed by atoms with E-state index in [0.29, 0.717) is 25.3 Å². The number of anilines is 1. The van der Waals surface area contributed by atoms with E-state index >= 15 is 0 Å². The van der Waals surface area contributed by atoms with Gasteiger partial charge >= 0.3 is 0 Å². The van der Waals surface area contributed by atoms with Gasteiger partial charge in [-0.3, -0.25) is 9.78 Å². The molecule has 0 aromatic carbocycles. The molecule has 0 spiro atoms. The number of nitrogens with two attached hydrogens (primary N) is 1. The van der Waals surface area contributed by atoms with Crippen LogP contribution in [0.5, 0.6) is 0 Å². The Kier molecular flexibility index (Phi) is 5.30. The number of carbonyl (C=O) groups excluding carboxylic acids is 1. The lowest BCUT2D eigenvalue weighted by atomic mass is 9.93. The molecule has 0 bridgehead atoms. The Bertz CT molecular complexity index is 634. The summed E-state index contributed by atoms with van der Waals surface area (Å²) in [5.74, 6) is 0.474. The second-order valence-electron chi connectivity index (χ2n) is 5.53. The lowest BCUT2D eigenvalue weighted by Crippen LogP contribution is -2.45. The first kappa shape index (κ1) is 16.6. The van der Waals surface area contributed by atoms with Gasteiger partial charge in [-0.2, -0.15) is 0 Å². The average Bonchev–Trinajstić information content (AvgIpc) is 2.47. The number of nitrogens with zero attached hydrogens (tertiary/aromatic N) is 3. The molecule has 2 rings (SSSR count). The van der Waals surface area contributed by atoms with Gasteiger partial charge in [-0.05, 0) is 25.2 Å². The molecule has 0 aliphatic carbocycles. The molecule has 22 heavy (non-hydrogen) atoms. The fourth-order valence-corrected chi connectivity index (χ4v) is 2.96. The fraction of sp³-hybridized carbons (Fsp3) is 0.615. The predicted octanol–water partition coefficient (Wildman–Crippen LogP) is -0.611. The predicted molar refractivity (Wildman–Crippen MR) is 82.3 cm³/mol. The molecule has 1 aromatic rings. The number of nitrogens with one attached hydrogen (secondary N) is 1. The zero-order valence-electron chi connectivity index (χ0n) is 12.5. The number of rotatable bonds is 5. The summed E-state index contributed by atoms with van der Waals surface area (Å²) in [4.78, 5) is 22.0. The Morgan fingerprint density at radius 1 is 1.45 bits per heavy atom. The quantitative estimate of drug-likeness (QED) is 0.745. The van der Waals surface area contributed by atoms with Crippen molar-refractivity contribution in [1.29, 1.82) is 0 Å². The van der Waals surface area contributed by atoms with Crippen molar-refractivity contribution in [1.82, 2.24) is 19.6 Å². The van der Waals surface area contributed by atoms with Crippen LogP contribution in [0.1, 0.15) is 18.5 Å². The van der Waals surface area contributed by atoms with Crippen molar-refractivity contribution in [2.24, 2.45) is 5.92 Å². The highest BCUT2D eigenvalue weighted by molar-refractivity contribution is 7.88. The van der Waals surface area contributed by atoms with Gasteiger partial charge in [-0.1, -0.05) is 0 Å². The first-order chi connectivity index (χ1) is 10.3. The normalized spacial score (nSPS) is 19.1. The van der Waals surface area contributed by atoms with Gasteiger partial charge in [0.2, 0.25) is 15.9 Å². The molecule has 122 valence electrons. The van der Waals surface area contributed by atoms with Crippen LogP contribution in [0, 0.1) is 5.92 Å². The van der Waals surface area contributed by atoms with E-state index in [1.54, 1.807) is 17.3 Å². The van der Waals surface area contributed by atoms with Gasteiger partial charge in [-0.15, -0.1) is 0 Å². The van der Waals surface area contributed by atoms with Crippen LogP contribution in [0.2, 0.25) is 0 Å². The minimum atomic E-state index is -3.36. The number of amides is 1. The molecule has 9 heteroatoms. The van der Waals surface area contributed by atoms with E-state index in [9.17, 15) is 13.2 Å². The molecule has 0 unspecified atom stereocenters. The maximum atomic E-state index is 12.1. The molecule has 1 aromatic heterocycles. The summed E-state index contributed by atoms with van der Waals surface area (Å²) in [5, 5.41) is 0. The van der Waals surface area contributed by atoms with Crippen molar-refractivity contribution in [3.05, 3.63) is 18.1 Å². The fourth-order valence-electron chi connectivity index (χ4n) is 2.57. The standard InChI is InChI=1S/C13H21N5O3S/c1-22(20,21)17-8-12(19)18-6-2-3-10(9-18)7-11-13(14)16-5-4-15-11/h4-5,10,17H,2-3,6-9H2,1H3,(H2,14,16)/t10-/m1/s1. The van der Waals surface area contributed by atoms with Crippen LogP contribution in [0.15, 0.2) is 12.4 Å². The van der Waals surface area contributed by atoms with E-state index in [1.165, 1.54) is 0 Å². The third-order valence-corrected chi connectivity index (χ3v) is 4.31. The van der Waals surface area contributed by atoms with Crippen LogP contribution in [0.3, 0.4) is 0 Å².